The first-order valence-corrected chi connectivity index (χ1v) is 32.5. The zero-order chi connectivity index (χ0) is 51.4. The van der Waals surface area contributed by atoms with Crippen LogP contribution in [0.1, 0.15) is 367 Å². The number of ether oxygens (including phenoxy) is 1. The number of aliphatic hydroxyl groups excluding tert-OH is 2. The van der Waals surface area contributed by atoms with Crippen LogP contribution in [0.5, 0.6) is 0 Å². The van der Waals surface area contributed by atoms with Gasteiger partial charge in [0.2, 0.25) is 5.91 Å². The normalized spacial score (nSPS) is 12.6. The highest BCUT2D eigenvalue weighted by molar-refractivity contribution is 5.76. The summed E-state index contributed by atoms with van der Waals surface area (Å²) in [5.41, 5.74) is 0. The molecule has 0 saturated heterocycles. The molecule has 0 bridgehead atoms. The highest BCUT2D eigenvalue weighted by atomic mass is 16.5. The third-order valence-electron chi connectivity index (χ3n) is 15.3. The minimum absolute atomic E-state index is 0.0212. The second kappa shape index (κ2) is 61.1. The third kappa shape index (κ3) is 57.7. The van der Waals surface area contributed by atoms with Crippen LogP contribution in [-0.4, -0.2) is 47.4 Å². The van der Waals surface area contributed by atoms with E-state index in [1.807, 2.05) is 6.08 Å². The summed E-state index contributed by atoms with van der Waals surface area (Å²) in [4.78, 5) is 24.5. The van der Waals surface area contributed by atoms with Crippen LogP contribution in [0, 0.1) is 0 Å². The molecule has 2 unspecified atom stereocenters. The first-order chi connectivity index (χ1) is 35.0. The van der Waals surface area contributed by atoms with Crippen LogP contribution in [0.15, 0.2) is 12.2 Å². The summed E-state index contributed by atoms with van der Waals surface area (Å²) in [6.45, 7) is 4.92. The summed E-state index contributed by atoms with van der Waals surface area (Å²) < 4.78 is 5.49. The molecule has 3 N–H and O–H groups in total. The van der Waals surface area contributed by atoms with Crippen molar-refractivity contribution in [3.63, 3.8) is 0 Å². The van der Waals surface area contributed by atoms with Crippen molar-refractivity contribution in [3.05, 3.63) is 12.2 Å². The number of carbonyl (C=O) groups excluding carboxylic acids is 2. The van der Waals surface area contributed by atoms with E-state index >= 15 is 0 Å². The number of hydrogen-bond donors (Lipinski definition) is 3. The van der Waals surface area contributed by atoms with Gasteiger partial charge in [-0.1, -0.05) is 334 Å². The molecule has 6 nitrogen and oxygen atoms in total. The van der Waals surface area contributed by atoms with E-state index in [0.717, 1.165) is 38.5 Å². The predicted molar refractivity (Wildman–Crippen MR) is 310 cm³/mol. The van der Waals surface area contributed by atoms with E-state index in [1.54, 1.807) is 6.08 Å². The van der Waals surface area contributed by atoms with Crippen molar-refractivity contribution in [3.8, 4) is 0 Å². The van der Waals surface area contributed by atoms with Gasteiger partial charge >= 0.3 is 5.97 Å². The van der Waals surface area contributed by atoms with Gasteiger partial charge in [0, 0.05) is 12.8 Å². The van der Waals surface area contributed by atoms with Crippen molar-refractivity contribution in [2.45, 2.75) is 379 Å². The molecule has 71 heavy (non-hydrogen) atoms. The van der Waals surface area contributed by atoms with E-state index in [0.29, 0.717) is 19.4 Å². The average molecular weight is 1000 g/mol. The molecule has 0 fully saturated rings. The topological polar surface area (TPSA) is 95.9 Å². The fourth-order valence-electron chi connectivity index (χ4n) is 10.3. The van der Waals surface area contributed by atoms with Crippen LogP contribution in [-0.2, 0) is 14.3 Å². The second-order valence-corrected chi connectivity index (χ2v) is 22.5. The molecule has 0 aliphatic heterocycles. The Labute approximate surface area is 444 Å². The Morgan fingerprint density at radius 1 is 0.380 bits per heavy atom. The molecule has 2 atom stereocenters. The molecule has 0 radical (unpaired) electrons. The Morgan fingerprint density at radius 2 is 0.648 bits per heavy atom. The third-order valence-corrected chi connectivity index (χ3v) is 15.3. The van der Waals surface area contributed by atoms with E-state index in [9.17, 15) is 19.8 Å². The van der Waals surface area contributed by atoms with Gasteiger partial charge in [0.15, 0.2) is 0 Å². The maximum absolute atomic E-state index is 12.4. The lowest BCUT2D eigenvalue weighted by Gasteiger charge is -2.20. The Hall–Kier alpha value is -1.40. The van der Waals surface area contributed by atoms with Gasteiger partial charge in [-0.05, 0) is 32.1 Å². The van der Waals surface area contributed by atoms with Crippen molar-refractivity contribution in [2.24, 2.45) is 0 Å². The summed E-state index contributed by atoms with van der Waals surface area (Å²) >= 11 is 0. The van der Waals surface area contributed by atoms with E-state index < -0.39 is 12.1 Å². The van der Waals surface area contributed by atoms with Crippen molar-refractivity contribution >= 4 is 11.9 Å². The minimum Gasteiger partial charge on any atom is -0.466 e. The summed E-state index contributed by atoms with van der Waals surface area (Å²) in [5, 5.41) is 23.1. The first-order valence-electron chi connectivity index (χ1n) is 32.5. The Balaban J connectivity index is 3.32. The van der Waals surface area contributed by atoms with Gasteiger partial charge in [0.1, 0.15) is 0 Å². The number of allylic oxidation sites excluding steroid dienone is 1. The summed E-state index contributed by atoms with van der Waals surface area (Å²) in [6, 6.07) is -0.623. The van der Waals surface area contributed by atoms with E-state index in [1.165, 1.54) is 302 Å². The van der Waals surface area contributed by atoms with Crippen molar-refractivity contribution < 1.29 is 24.5 Å². The van der Waals surface area contributed by atoms with Crippen molar-refractivity contribution in [1.82, 2.24) is 5.32 Å². The van der Waals surface area contributed by atoms with Crippen molar-refractivity contribution in [1.29, 1.82) is 0 Å². The second-order valence-electron chi connectivity index (χ2n) is 22.5. The highest BCUT2D eigenvalue weighted by Gasteiger charge is 2.18. The molecular formula is C65H127NO5. The van der Waals surface area contributed by atoms with Crippen LogP contribution in [0.4, 0.5) is 0 Å². The minimum atomic E-state index is -0.840. The quantitative estimate of drug-likeness (QED) is 0.0320. The Morgan fingerprint density at radius 3 is 0.958 bits per heavy atom. The van der Waals surface area contributed by atoms with Crippen molar-refractivity contribution in [2.75, 3.05) is 13.2 Å². The zero-order valence-electron chi connectivity index (χ0n) is 48.2. The van der Waals surface area contributed by atoms with Gasteiger partial charge < -0.3 is 20.3 Å². The van der Waals surface area contributed by atoms with Gasteiger partial charge in [0.25, 0.3) is 0 Å². The molecule has 0 heterocycles. The molecule has 0 saturated carbocycles. The molecule has 0 aromatic heterocycles. The van der Waals surface area contributed by atoms with E-state index in [-0.39, 0.29) is 18.5 Å². The molecule has 0 rings (SSSR count). The van der Waals surface area contributed by atoms with Gasteiger partial charge in [-0.2, -0.15) is 0 Å². The number of rotatable bonds is 61. The number of esters is 1. The predicted octanol–water partition coefficient (Wildman–Crippen LogP) is 20.4. The van der Waals surface area contributed by atoms with Gasteiger partial charge in [0.05, 0.1) is 25.4 Å². The molecule has 0 spiro atoms. The number of amides is 1. The Kier molecular flexibility index (Phi) is 59.9. The maximum atomic E-state index is 12.4. The van der Waals surface area contributed by atoms with Crippen LogP contribution in [0.2, 0.25) is 0 Å². The van der Waals surface area contributed by atoms with Gasteiger partial charge in [-0.25, -0.2) is 0 Å². The summed E-state index contributed by atoms with van der Waals surface area (Å²) in [7, 11) is 0. The number of carbonyl (C=O) groups is 2. The maximum Gasteiger partial charge on any atom is 0.305 e. The standard InChI is InChI=1S/C65H127NO5/c1-3-5-7-9-11-13-15-34-39-43-47-51-55-59-65(70)71-60-56-52-48-44-40-36-33-31-29-27-25-23-21-19-17-18-20-22-24-26-28-30-32-35-38-42-46-50-54-58-64(69)66-62(61-67)63(68)57-53-49-45-41-37-16-14-12-10-8-6-4-2/h53,57,62-63,67-68H,3-52,54-56,58-61H2,1-2H3,(H,66,69)/b57-53+. The highest BCUT2D eigenvalue weighted by Crippen LogP contribution is 2.18. The summed E-state index contributed by atoms with van der Waals surface area (Å²) in [6.07, 6.45) is 74.2. The number of hydrogen-bond acceptors (Lipinski definition) is 5. The number of aliphatic hydroxyl groups is 2. The van der Waals surface area contributed by atoms with Gasteiger partial charge in [-0.15, -0.1) is 0 Å². The Bertz CT molecular complexity index is 1060. The molecule has 422 valence electrons. The summed E-state index contributed by atoms with van der Waals surface area (Å²) in [5.74, 6) is -0.0421. The smallest absolute Gasteiger partial charge is 0.305 e. The number of nitrogens with one attached hydrogen (secondary N) is 1. The van der Waals surface area contributed by atoms with Crippen LogP contribution >= 0.6 is 0 Å². The SMILES string of the molecule is CCCCCCCCCCCC/C=C/C(O)C(CO)NC(=O)CCCCCCCCCCCCCCCCCCCCCCCCCCCCCCCOC(=O)CCCCCCCCCCCCCCC. The van der Waals surface area contributed by atoms with Gasteiger partial charge in [-0.3, -0.25) is 9.59 Å². The lowest BCUT2D eigenvalue weighted by Crippen LogP contribution is -2.45. The zero-order valence-corrected chi connectivity index (χ0v) is 48.2. The van der Waals surface area contributed by atoms with Crippen LogP contribution < -0.4 is 5.32 Å². The fourth-order valence-corrected chi connectivity index (χ4v) is 10.3. The molecule has 0 aromatic rings. The molecular weight excluding hydrogens is 875 g/mol. The van der Waals surface area contributed by atoms with E-state index in [2.05, 4.69) is 19.2 Å². The molecule has 6 heteroatoms. The van der Waals surface area contributed by atoms with Crippen LogP contribution in [0.3, 0.4) is 0 Å². The lowest BCUT2D eigenvalue weighted by molar-refractivity contribution is -0.143. The average Bonchev–Trinajstić information content (AvgIpc) is 3.37. The fraction of sp³-hybridized carbons (Fsp3) is 0.938. The number of unbranched alkanes of at least 4 members (excludes halogenated alkanes) is 50. The molecule has 0 aliphatic rings. The van der Waals surface area contributed by atoms with Crippen LogP contribution in [0.25, 0.3) is 0 Å². The lowest BCUT2D eigenvalue weighted by atomic mass is 10.0. The largest absolute Gasteiger partial charge is 0.466 e. The molecule has 0 aliphatic carbocycles. The molecule has 0 aromatic carbocycles. The first kappa shape index (κ1) is 69.6. The van der Waals surface area contributed by atoms with E-state index in [4.69, 9.17) is 4.74 Å². The molecule has 1 amide bonds. The monoisotopic (exact) mass is 1000 g/mol.